The van der Waals surface area contributed by atoms with Crippen molar-refractivity contribution in [3.05, 3.63) is 65.9 Å². The van der Waals surface area contributed by atoms with Gasteiger partial charge in [-0.05, 0) is 93.3 Å². The minimum Gasteiger partial charge on any atom is -0.488 e. The smallest absolute Gasteiger partial charge is 0.410 e. The van der Waals surface area contributed by atoms with Crippen molar-refractivity contribution in [2.45, 2.75) is 90.6 Å². The fraction of sp³-hybridized carbons (Fsp3) is 0.439. The molecular formula is C41H47N7O6. The Morgan fingerprint density at radius 1 is 0.926 bits per heavy atom. The average Bonchev–Trinajstić information content (AvgIpc) is 3.97. The van der Waals surface area contributed by atoms with Gasteiger partial charge in [-0.25, -0.2) is 19.6 Å². The molecule has 0 saturated carbocycles. The third kappa shape index (κ3) is 6.39. The van der Waals surface area contributed by atoms with Crippen molar-refractivity contribution in [3.8, 4) is 28.1 Å². The van der Waals surface area contributed by atoms with Crippen LogP contribution in [0, 0.1) is 5.92 Å². The number of amides is 3. The van der Waals surface area contributed by atoms with E-state index in [1.165, 1.54) is 7.11 Å². The summed E-state index contributed by atoms with van der Waals surface area (Å²) < 4.78 is 16.9. The van der Waals surface area contributed by atoms with Crippen LogP contribution < -0.4 is 10.1 Å². The summed E-state index contributed by atoms with van der Waals surface area (Å²) in [5, 5.41) is 4.66. The lowest BCUT2D eigenvalue weighted by molar-refractivity contribution is -0.135. The van der Waals surface area contributed by atoms with Gasteiger partial charge in [0.15, 0.2) is 0 Å². The number of aromatic nitrogens is 4. The lowest BCUT2D eigenvalue weighted by atomic mass is 9.92. The third-order valence-electron chi connectivity index (χ3n) is 10.7. The van der Waals surface area contributed by atoms with Crippen LogP contribution in [0.5, 0.6) is 5.75 Å². The van der Waals surface area contributed by atoms with E-state index in [1.54, 1.807) is 4.90 Å². The number of hydrogen-bond donors (Lipinski definition) is 3. The monoisotopic (exact) mass is 733 g/mol. The maximum Gasteiger partial charge on any atom is 0.410 e. The minimum absolute atomic E-state index is 0.112. The summed E-state index contributed by atoms with van der Waals surface area (Å²) in [7, 11) is 1.30. The summed E-state index contributed by atoms with van der Waals surface area (Å²) in [5.41, 5.74) is 6.22. The number of methoxy groups -OCH3 is 1. The molecule has 54 heavy (non-hydrogen) atoms. The molecule has 282 valence electrons. The number of aromatic amines is 2. The number of fused-ring (bicyclic) bond motifs is 7. The molecule has 2 saturated heterocycles. The van der Waals surface area contributed by atoms with Crippen molar-refractivity contribution < 1.29 is 28.6 Å². The number of ether oxygens (including phenoxy) is 3. The van der Waals surface area contributed by atoms with Crippen LogP contribution in [-0.4, -0.2) is 79.7 Å². The molecule has 2 aromatic heterocycles. The average molecular weight is 734 g/mol. The van der Waals surface area contributed by atoms with Crippen LogP contribution in [0.2, 0.25) is 0 Å². The lowest BCUT2D eigenvalue weighted by Crippen LogP contribution is -2.51. The van der Waals surface area contributed by atoms with Crippen molar-refractivity contribution in [1.29, 1.82) is 0 Å². The first-order valence-corrected chi connectivity index (χ1v) is 18.8. The highest BCUT2D eigenvalue weighted by Gasteiger charge is 2.38. The number of benzene rings is 3. The molecule has 3 atom stereocenters. The molecule has 5 heterocycles. The van der Waals surface area contributed by atoms with Crippen molar-refractivity contribution in [3.63, 3.8) is 0 Å². The Morgan fingerprint density at radius 3 is 2.39 bits per heavy atom. The first kappa shape index (κ1) is 35.4. The van der Waals surface area contributed by atoms with Crippen molar-refractivity contribution in [2.24, 2.45) is 5.92 Å². The summed E-state index contributed by atoms with van der Waals surface area (Å²) in [5.74, 6) is 2.05. The summed E-state index contributed by atoms with van der Waals surface area (Å²) in [4.78, 5) is 59.0. The first-order chi connectivity index (χ1) is 25.9. The molecule has 8 rings (SSSR count). The van der Waals surface area contributed by atoms with Crippen LogP contribution in [0.4, 0.5) is 9.59 Å². The van der Waals surface area contributed by atoms with Crippen molar-refractivity contribution >= 4 is 39.9 Å². The van der Waals surface area contributed by atoms with E-state index < -0.39 is 17.7 Å². The molecule has 3 aliphatic heterocycles. The second-order valence-corrected chi connectivity index (χ2v) is 15.8. The zero-order chi connectivity index (χ0) is 37.9. The second-order valence-electron chi connectivity index (χ2n) is 15.8. The van der Waals surface area contributed by atoms with E-state index in [9.17, 15) is 14.4 Å². The van der Waals surface area contributed by atoms with Gasteiger partial charge in [0.25, 0.3) is 0 Å². The molecule has 0 unspecified atom stereocenters. The summed E-state index contributed by atoms with van der Waals surface area (Å²) in [6.45, 7) is 11.1. The topological polar surface area (TPSA) is 155 Å². The molecule has 5 aromatic rings. The summed E-state index contributed by atoms with van der Waals surface area (Å²) in [6.07, 6.45) is 4.24. The quantitative estimate of drug-likeness (QED) is 0.160. The van der Waals surface area contributed by atoms with Gasteiger partial charge in [0.05, 0.1) is 42.1 Å². The minimum atomic E-state index is -0.698. The van der Waals surface area contributed by atoms with Crippen LogP contribution >= 0.6 is 0 Å². The van der Waals surface area contributed by atoms with E-state index in [0.717, 1.165) is 92.8 Å². The molecule has 3 aliphatic rings. The van der Waals surface area contributed by atoms with Gasteiger partial charge in [-0.1, -0.05) is 32.0 Å². The zero-order valence-electron chi connectivity index (χ0n) is 31.6. The standard InChI is InChI=1S/C41H47N7O6/c1-22(2)33(46-39(50)52-6)38(49)47-17-7-10-32(47)37-43-29-16-15-28-26(34(29)45-37)13-14-27-25-12-11-23(19-24(25)21-53-35(27)28)30-20-42-36(44-30)31-9-8-18-48(31)40(51)54-41(3,4)5/h11-16,19-20,22,31-33H,7-10,17-18,21H2,1-6H3,(H,42,44)(H,43,45)(H,46,50)/t31-,32-,33-/m0/s1. The Hall–Kier alpha value is -5.59. The van der Waals surface area contributed by atoms with Gasteiger partial charge in [0.2, 0.25) is 5.91 Å². The van der Waals surface area contributed by atoms with Crippen LogP contribution in [-0.2, 0) is 20.9 Å². The Morgan fingerprint density at radius 2 is 1.65 bits per heavy atom. The highest BCUT2D eigenvalue weighted by Crippen LogP contribution is 2.45. The van der Waals surface area contributed by atoms with E-state index in [2.05, 4.69) is 51.7 Å². The molecular weight excluding hydrogens is 686 g/mol. The molecule has 0 aliphatic carbocycles. The molecule has 3 aromatic carbocycles. The van der Waals surface area contributed by atoms with E-state index in [0.29, 0.717) is 19.7 Å². The van der Waals surface area contributed by atoms with Crippen molar-refractivity contribution in [1.82, 2.24) is 35.1 Å². The molecule has 13 nitrogen and oxygen atoms in total. The van der Waals surface area contributed by atoms with Crippen LogP contribution in [0.25, 0.3) is 44.2 Å². The van der Waals surface area contributed by atoms with Gasteiger partial charge in [0, 0.05) is 29.4 Å². The predicted molar refractivity (Wildman–Crippen MR) is 204 cm³/mol. The Balaban J connectivity index is 1.05. The molecule has 2 fully saturated rings. The number of carbonyl (C=O) groups is 3. The zero-order valence-corrected chi connectivity index (χ0v) is 31.6. The molecule has 0 spiro atoms. The number of rotatable bonds is 6. The summed E-state index contributed by atoms with van der Waals surface area (Å²) in [6, 6.07) is 13.6. The second kappa shape index (κ2) is 13.7. The largest absolute Gasteiger partial charge is 0.488 e. The molecule has 0 radical (unpaired) electrons. The fourth-order valence-corrected chi connectivity index (χ4v) is 8.12. The third-order valence-corrected chi connectivity index (χ3v) is 10.7. The van der Waals surface area contributed by atoms with Crippen LogP contribution in [0.3, 0.4) is 0 Å². The molecule has 3 N–H and O–H groups in total. The highest BCUT2D eigenvalue weighted by atomic mass is 16.6. The van der Waals surface area contributed by atoms with E-state index >= 15 is 0 Å². The summed E-state index contributed by atoms with van der Waals surface area (Å²) >= 11 is 0. The Kier molecular flexibility index (Phi) is 8.98. The fourth-order valence-electron chi connectivity index (χ4n) is 8.12. The van der Waals surface area contributed by atoms with Gasteiger partial charge >= 0.3 is 12.2 Å². The maximum absolute atomic E-state index is 13.7. The van der Waals surface area contributed by atoms with Crippen LogP contribution in [0.15, 0.2) is 48.7 Å². The number of nitrogens with zero attached hydrogens (tertiary/aromatic N) is 4. The maximum atomic E-state index is 13.7. The SMILES string of the molecule is COC(=O)N[C@H](C(=O)N1CCC[C@H]1c1nc2c(ccc3c4c(ccc32)-c2ccc(-c3cnc([C@@H]5CCCN5C(=O)OC(C)(C)C)[nH]3)cc2CO4)[nH]1)C(C)C. The van der Waals surface area contributed by atoms with Gasteiger partial charge < -0.3 is 34.4 Å². The lowest BCUT2D eigenvalue weighted by Gasteiger charge is -2.29. The number of likely N-dealkylation sites (tertiary alicyclic amines) is 2. The van der Waals surface area contributed by atoms with Gasteiger partial charge in [-0.15, -0.1) is 0 Å². The predicted octanol–water partition coefficient (Wildman–Crippen LogP) is 7.78. The first-order valence-electron chi connectivity index (χ1n) is 18.8. The molecule has 0 bridgehead atoms. The number of carbonyl (C=O) groups excluding carboxylic acids is 3. The highest BCUT2D eigenvalue weighted by molar-refractivity contribution is 6.09. The number of hydrogen-bond acceptors (Lipinski definition) is 8. The Bertz CT molecular complexity index is 2270. The van der Waals surface area contributed by atoms with E-state index in [4.69, 9.17) is 24.2 Å². The number of imidazole rings is 2. The van der Waals surface area contributed by atoms with Gasteiger partial charge in [0.1, 0.15) is 35.6 Å². The Labute approximate surface area is 313 Å². The number of alkyl carbamates (subject to hydrolysis) is 1. The van der Waals surface area contributed by atoms with Crippen LogP contribution in [0.1, 0.15) is 89.6 Å². The van der Waals surface area contributed by atoms with E-state index in [1.807, 2.05) is 51.8 Å². The number of H-pyrrole nitrogens is 2. The molecule has 13 heteroatoms. The van der Waals surface area contributed by atoms with Crippen molar-refractivity contribution in [2.75, 3.05) is 20.2 Å². The molecule has 3 amide bonds. The van der Waals surface area contributed by atoms with Gasteiger partial charge in [-0.3, -0.25) is 9.69 Å². The van der Waals surface area contributed by atoms with E-state index in [-0.39, 0.29) is 30.0 Å². The normalized spacial score (nSPS) is 18.8. The van der Waals surface area contributed by atoms with Gasteiger partial charge in [-0.2, -0.15) is 0 Å². The number of nitrogens with one attached hydrogen (secondary N) is 3.